The van der Waals surface area contributed by atoms with E-state index in [0.29, 0.717) is 11.3 Å². The number of carbonyl (C=O) groups is 1. The third kappa shape index (κ3) is 5.04. The smallest absolute Gasteiger partial charge is 0.185 e. The first-order valence-electron chi connectivity index (χ1n) is 6.95. The van der Waals surface area contributed by atoms with Crippen LogP contribution in [-0.2, 0) is 0 Å². The van der Waals surface area contributed by atoms with E-state index in [1.54, 1.807) is 30.3 Å². The summed E-state index contributed by atoms with van der Waals surface area (Å²) >= 11 is 3.33. The van der Waals surface area contributed by atoms with E-state index in [1.165, 1.54) is 19.3 Å². The highest BCUT2D eigenvalue weighted by Crippen LogP contribution is 2.26. The van der Waals surface area contributed by atoms with E-state index in [0.717, 1.165) is 10.0 Å². The Morgan fingerprint density at radius 1 is 1.14 bits per heavy atom. The first kappa shape index (κ1) is 18.0. The van der Waals surface area contributed by atoms with Crippen LogP contribution >= 0.6 is 15.9 Å². The number of phenolic OH excluding ortho intramolecular Hbond substituents is 1. The number of benzene rings is 2. The second-order valence-corrected chi connectivity index (χ2v) is 5.05. The van der Waals surface area contributed by atoms with E-state index in [1.807, 2.05) is 26.0 Å². The lowest BCUT2D eigenvalue weighted by Crippen LogP contribution is -1.93. The molecule has 2 rings (SSSR count). The zero-order chi connectivity index (χ0) is 16.5. The van der Waals surface area contributed by atoms with Crippen molar-refractivity contribution in [1.82, 2.24) is 0 Å². The zero-order valence-corrected chi connectivity index (χ0v) is 14.4. The molecule has 0 fully saturated rings. The first-order valence-corrected chi connectivity index (χ1v) is 7.74. The topological polar surface area (TPSA) is 46.5 Å². The second kappa shape index (κ2) is 9.05. The van der Waals surface area contributed by atoms with Crippen LogP contribution in [0.25, 0.3) is 6.08 Å². The lowest BCUT2D eigenvalue weighted by atomic mass is 10.1. The van der Waals surface area contributed by atoms with Crippen LogP contribution in [0.2, 0.25) is 0 Å². The van der Waals surface area contributed by atoms with Crippen LogP contribution in [0.5, 0.6) is 11.5 Å². The maximum atomic E-state index is 12.0. The van der Waals surface area contributed by atoms with Gasteiger partial charge in [-0.05, 0) is 48.0 Å². The standard InChI is InChI=1S/C16H13BrO3.C2H6/c1-20-16-10-11(3-9-15(16)19)2-8-14(18)12-4-6-13(17)7-5-12;1-2/h2-10,19H,1H3;1-2H3/b8-2+;. The number of hydrogen-bond donors (Lipinski definition) is 1. The van der Waals surface area contributed by atoms with E-state index in [2.05, 4.69) is 15.9 Å². The Hall–Kier alpha value is -2.07. The highest BCUT2D eigenvalue weighted by molar-refractivity contribution is 9.10. The summed E-state index contributed by atoms with van der Waals surface area (Å²) in [6, 6.07) is 12.1. The molecule has 0 radical (unpaired) electrons. The van der Waals surface area contributed by atoms with Crippen molar-refractivity contribution in [3.8, 4) is 11.5 Å². The van der Waals surface area contributed by atoms with Crippen molar-refractivity contribution < 1.29 is 14.6 Å². The number of aromatic hydroxyl groups is 1. The third-order valence-electron chi connectivity index (χ3n) is 2.76. The Kier molecular flexibility index (Phi) is 7.40. The van der Waals surface area contributed by atoms with Gasteiger partial charge in [0.15, 0.2) is 17.3 Å². The molecule has 2 aromatic carbocycles. The molecule has 0 aromatic heterocycles. The number of carbonyl (C=O) groups excluding carboxylic acids is 1. The maximum absolute atomic E-state index is 12.0. The van der Waals surface area contributed by atoms with Crippen LogP contribution in [0, 0.1) is 0 Å². The second-order valence-electron chi connectivity index (χ2n) is 4.14. The number of ketones is 1. The van der Waals surface area contributed by atoms with Crippen molar-refractivity contribution in [3.05, 3.63) is 64.1 Å². The lowest BCUT2D eigenvalue weighted by Gasteiger charge is -2.03. The third-order valence-corrected chi connectivity index (χ3v) is 3.29. The average molecular weight is 363 g/mol. The fourth-order valence-electron chi connectivity index (χ4n) is 1.68. The van der Waals surface area contributed by atoms with Crippen molar-refractivity contribution in [2.24, 2.45) is 0 Å². The Morgan fingerprint density at radius 2 is 1.77 bits per heavy atom. The molecule has 0 aliphatic rings. The molecular formula is C18H19BrO3. The van der Waals surface area contributed by atoms with Crippen LogP contribution < -0.4 is 4.74 Å². The Bertz CT molecular complexity index is 646. The van der Waals surface area contributed by atoms with Crippen molar-refractivity contribution in [1.29, 1.82) is 0 Å². The van der Waals surface area contributed by atoms with Gasteiger partial charge in [-0.25, -0.2) is 0 Å². The predicted molar refractivity (Wildman–Crippen MR) is 93.5 cm³/mol. The summed E-state index contributed by atoms with van der Waals surface area (Å²) in [5.41, 5.74) is 1.40. The van der Waals surface area contributed by atoms with Gasteiger partial charge < -0.3 is 9.84 Å². The monoisotopic (exact) mass is 362 g/mol. The number of halogens is 1. The van der Waals surface area contributed by atoms with Gasteiger partial charge >= 0.3 is 0 Å². The van der Waals surface area contributed by atoms with Crippen molar-refractivity contribution in [2.75, 3.05) is 7.11 Å². The van der Waals surface area contributed by atoms with Crippen LogP contribution in [0.4, 0.5) is 0 Å². The van der Waals surface area contributed by atoms with Crippen LogP contribution in [0.1, 0.15) is 29.8 Å². The summed E-state index contributed by atoms with van der Waals surface area (Å²) in [6.07, 6.45) is 3.18. The molecule has 2 aromatic rings. The fourth-order valence-corrected chi connectivity index (χ4v) is 1.94. The number of allylic oxidation sites excluding steroid dienone is 1. The summed E-state index contributed by atoms with van der Waals surface area (Å²) < 4.78 is 5.95. The maximum Gasteiger partial charge on any atom is 0.185 e. The number of rotatable bonds is 4. The normalized spacial score (nSPS) is 10.0. The molecule has 0 heterocycles. The molecule has 0 amide bonds. The summed E-state index contributed by atoms with van der Waals surface area (Å²) in [7, 11) is 1.48. The zero-order valence-electron chi connectivity index (χ0n) is 12.8. The quantitative estimate of drug-likeness (QED) is 0.608. The fraction of sp³-hybridized carbons (Fsp3) is 0.167. The van der Waals surface area contributed by atoms with Gasteiger partial charge in [-0.15, -0.1) is 0 Å². The number of methoxy groups -OCH3 is 1. The Labute approximate surface area is 139 Å². The summed E-state index contributed by atoms with van der Waals surface area (Å²) in [4.78, 5) is 12.0. The predicted octanol–water partition coefficient (Wildman–Crippen LogP) is 5.09. The van der Waals surface area contributed by atoms with Gasteiger partial charge in [-0.1, -0.05) is 41.9 Å². The molecule has 0 saturated carbocycles. The molecule has 0 atom stereocenters. The molecule has 1 N–H and O–H groups in total. The molecule has 0 unspecified atom stereocenters. The van der Waals surface area contributed by atoms with Crippen molar-refractivity contribution in [3.63, 3.8) is 0 Å². The highest BCUT2D eigenvalue weighted by atomic mass is 79.9. The van der Waals surface area contributed by atoms with Gasteiger partial charge in [0.25, 0.3) is 0 Å². The van der Waals surface area contributed by atoms with E-state index in [-0.39, 0.29) is 11.5 Å². The van der Waals surface area contributed by atoms with E-state index >= 15 is 0 Å². The van der Waals surface area contributed by atoms with Crippen LogP contribution in [0.15, 0.2) is 53.0 Å². The lowest BCUT2D eigenvalue weighted by molar-refractivity contribution is 0.104. The molecular weight excluding hydrogens is 344 g/mol. The molecule has 0 bridgehead atoms. The minimum Gasteiger partial charge on any atom is -0.504 e. The number of hydrogen-bond acceptors (Lipinski definition) is 3. The molecule has 4 heteroatoms. The minimum absolute atomic E-state index is 0.0730. The van der Waals surface area contributed by atoms with Crippen LogP contribution in [-0.4, -0.2) is 18.0 Å². The molecule has 0 spiro atoms. The molecule has 0 aliphatic carbocycles. The first-order chi connectivity index (χ1) is 10.6. The largest absolute Gasteiger partial charge is 0.504 e. The van der Waals surface area contributed by atoms with Gasteiger partial charge in [-0.2, -0.15) is 0 Å². The van der Waals surface area contributed by atoms with E-state index in [9.17, 15) is 9.90 Å². The molecule has 22 heavy (non-hydrogen) atoms. The highest BCUT2D eigenvalue weighted by Gasteiger charge is 2.03. The summed E-state index contributed by atoms with van der Waals surface area (Å²) in [6.45, 7) is 4.00. The van der Waals surface area contributed by atoms with Gasteiger partial charge in [0, 0.05) is 10.0 Å². The average Bonchev–Trinajstić information content (AvgIpc) is 2.56. The molecule has 0 saturated heterocycles. The van der Waals surface area contributed by atoms with Crippen LogP contribution in [0.3, 0.4) is 0 Å². The Balaban J connectivity index is 0.00000116. The molecule has 0 aliphatic heterocycles. The number of phenols is 1. The van der Waals surface area contributed by atoms with Gasteiger partial charge in [0.2, 0.25) is 0 Å². The van der Waals surface area contributed by atoms with E-state index < -0.39 is 0 Å². The van der Waals surface area contributed by atoms with E-state index in [4.69, 9.17) is 4.74 Å². The van der Waals surface area contributed by atoms with Crippen molar-refractivity contribution in [2.45, 2.75) is 13.8 Å². The van der Waals surface area contributed by atoms with Gasteiger partial charge in [-0.3, -0.25) is 4.79 Å². The van der Waals surface area contributed by atoms with Gasteiger partial charge in [0.05, 0.1) is 7.11 Å². The number of ether oxygens (including phenoxy) is 1. The SMILES string of the molecule is CC.COc1cc(/C=C/C(=O)c2ccc(Br)cc2)ccc1O. The molecule has 116 valence electrons. The Morgan fingerprint density at radius 3 is 2.36 bits per heavy atom. The minimum atomic E-state index is -0.0791. The van der Waals surface area contributed by atoms with Gasteiger partial charge in [0.1, 0.15) is 0 Å². The summed E-state index contributed by atoms with van der Waals surface area (Å²) in [5, 5.41) is 9.50. The summed E-state index contributed by atoms with van der Waals surface area (Å²) in [5.74, 6) is 0.372. The molecule has 3 nitrogen and oxygen atoms in total. The van der Waals surface area contributed by atoms with Crippen molar-refractivity contribution >= 4 is 27.8 Å².